The van der Waals surface area contributed by atoms with E-state index in [2.05, 4.69) is 0 Å². The summed E-state index contributed by atoms with van der Waals surface area (Å²) in [4.78, 5) is 13.3. The van der Waals surface area contributed by atoms with E-state index in [4.69, 9.17) is 11.6 Å². The van der Waals surface area contributed by atoms with Gasteiger partial charge in [-0.25, -0.2) is 0 Å². The van der Waals surface area contributed by atoms with Crippen molar-refractivity contribution in [1.29, 1.82) is 0 Å². The summed E-state index contributed by atoms with van der Waals surface area (Å²) in [5.41, 5.74) is 2.27. The van der Waals surface area contributed by atoms with Crippen LogP contribution >= 0.6 is 22.9 Å². The van der Waals surface area contributed by atoms with Gasteiger partial charge in [0.1, 0.15) is 0 Å². The van der Waals surface area contributed by atoms with E-state index in [1.54, 1.807) is 17.4 Å². The van der Waals surface area contributed by atoms with Crippen molar-refractivity contribution in [3.63, 3.8) is 0 Å². The first kappa shape index (κ1) is 11.4. The number of ketones is 1. The van der Waals surface area contributed by atoms with Crippen LogP contribution in [0.1, 0.15) is 26.4 Å². The average Bonchev–Trinajstić information content (AvgIpc) is 2.68. The maximum atomic E-state index is 12.2. The molecular weight excluding hydrogens is 240 g/mol. The molecule has 0 saturated carbocycles. The second-order valence-electron chi connectivity index (χ2n) is 3.69. The minimum atomic E-state index is 0.0457. The van der Waals surface area contributed by atoms with E-state index in [-0.39, 0.29) is 5.78 Å². The minimum absolute atomic E-state index is 0.0457. The van der Waals surface area contributed by atoms with Gasteiger partial charge in [-0.15, -0.1) is 11.3 Å². The van der Waals surface area contributed by atoms with Gasteiger partial charge in [-0.05, 0) is 31.5 Å². The third kappa shape index (κ3) is 2.04. The fourth-order valence-corrected chi connectivity index (χ4v) is 2.43. The lowest BCUT2D eigenvalue weighted by atomic mass is 10.0. The molecule has 0 bridgehead atoms. The van der Waals surface area contributed by atoms with Gasteiger partial charge in [-0.1, -0.05) is 23.7 Å². The molecule has 1 aromatic heterocycles. The van der Waals surface area contributed by atoms with Crippen molar-refractivity contribution in [2.24, 2.45) is 0 Å². The van der Waals surface area contributed by atoms with Crippen molar-refractivity contribution in [1.82, 2.24) is 0 Å². The minimum Gasteiger partial charge on any atom is -0.289 e. The Balaban J connectivity index is 2.45. The maximum absolute atomic E-state index is 12.2. The van der Waals surface area contributed by atoms with Gasteiger partial charge in [0.05, 0.1) is 0 Å². The molecule has 2 aromatic rings. The first-order chi connectivity index (χ1) is 7.59. The largest absolute Gasteiger partial charge is 0.289 e. The topological polar surface area (TPSA) is 17.1 Å². The molecule has 2 rings (SSSR count). The van der Waals surface area contributed by atoms with Crippen LogP contribution in [-0.4, -0.2) is 5.78 Å². The molecule has 0 unspecified atom stereocenters. The summed E-state index contributed by atoms with van der Waals surface area (Å²) in [6.07, 6.45) is 0. The van der Waals surface area contributed by atoms with E-state index in [1.807, 2.05) is 37.4 Å². The Hall–Kier alpha value is -1.12. The van der Waals surface area contributed by atoms with Crippen LogP contribution in [0.2, 0.25) is 5.02 Å². The molecular formula is C13H11ClOS. The predicted molar refractivity (Wildman–Crippen MR) is 68.7 cm³/mol. The van der Waals surface area contributed by atoms with Gasteiger partial charge in [-0.3, -0.25) is 4.79 Å². The van der Waals surface area contributed by atoms with Crippen LogP contribution in [-0.2, 0) is 0 Å². The Bertz CT molecular complexity index is 543. The first-order valence-electron chi connectivity index (χ1n) is 4.94. The number of thiophene rings is 1. The third-order valence-corrected chi connectivity index (χ3v) is 3.78. The van der Waals surface area contributed by atoms with Crippen LogP contribution in [0, 0.1) is 13.8 Å². The molecule has 1 aromatic carbocycles. The lowest BCUT2D eigenvalue weighted by Crippen LogP contribution is -2.02. The molecule has 1 heterocycles. The van der Waals surface area contributed by atoms with Crippen molar-refractivity contribution in [2.45, 2.75) is 13.8 Å². The number of hydrogen-bond acceptors (Lipinski definition) is 2. The maximum Gasteiger partial charge on any atom is 0.194 e. The van der Waals surface area contributed by atoms with Crippen molar-refractivity contribution < 1.29 is 4.79 Å². The molecule has 1 nitrogen and oxygen atoms in total. The highest BCUT2D eigenvalue weighted by atomic mass is 35.5. The highest BCUT2D eigenvalue weighted by Crippen LogP contribution is 2.23. The molecule has 0 N–H and O–H groups in total. The van der Waals surface area contributed by atoms with E-state index < -0.39 is 0 Å². The predicted octanol–water partition coefficient (Wildman–Crippen LogP) is 4.25. The van der Waals surface area contributed by atoms with Gasteiger partial charge in [0.25, 0.3) is 0 Å². The lowest BCUT2D eigenvalue weighted by molar-refractivity contribution is 0.103. The van der Waals surface area contributed by atoms with Crippen molar-refractivity contribution in [2.75, 3.05) is 0 Å². The molecule has 0 spiro atoms. The van der Waals surface area contributed by atoms with Gasteiger partial charge in [0.15, 0.2) is 5.78 Å². The van der Waals surface area contributed by atoms with Crippen molar-refractivity contribution in [3.05, 3.63) is 56.2 Å². The van der Waals surface area contributed by atoms with Crippen molar-refractivity contribution >= 4 is 28.7 Å². The summed E-state index contributed by atoms with van der Waals surface area (Å²) in [5, 5.41) is 2.52. The summed E-state index contributed by atoms with van der Waals surface area (Å²) < 4.78 is 0. The van der Waals surface area contributed by atoms with Gasteiger partial charge in [0.2, 0.25) is 0 Å². The molecule has 16 heavy (non-hydrogen) atoms. The van der Waals surface area contributed by atoms with Crippen LogP contribution in [0.5, 0.6) is 0 Å². The van der Waals surface area contributed by atoms with Crippen LogP contribution < -0.4 is 0 Å². The van der Waals surface area contributed by atoms with E-state index in [0.29, 0.717) is 10.6 Å². The summed E-state index contributed by atoms with van der Waals surface area (Å²) >= 11 is 7.58. The zero-order chi connectivity index (χ0) is 11.7. The van der Waals surface area contributed by atoms with Crippen LogP contribution in [0.15, 0.2) is 29.6 Å². The standard InChI is InChI=1S/C13H11ClOS/c1-8-6-10(7-16-8)13(15)11-4-3-5-12(14)9(11)2/h3-7H,1-2H3. The summed E-state index contributed by atoms with van der Waals surface area (Å²) in [6.45, 7) is 3.86. The number of halogens is 1. The zero-order valence-corrected chi connectivity index (χ0v) is 10.7. The van der Waals surface area contributed by atoms with E-state index in [1.165, 1.54) is 0 Å². The number of aryl methyl sites for hydroxylation is 1. The fourth-order valence-electron chi connectivity index (χ4n) is 1.57. The van der Waals surface area contributed by atoms with Gasteiger partial charge in [0, 0.05) is 26.4 Å². The Morgan fingerprint density at radius 3 is 2.69 bits per heavy atom. The average molecular weight is 251 g/mol. The Kier molecular flexibility index (Phi) is 3.13. The number of rotatable bonds is 2. The smallest absolute Gasteiger partial charge is 0.194 e. The normalized spacial score (nSPS) is 10.4. The van der Waals surface area contributed by atoms with Crippen LogP contribution in [0.4, 0.5) is 0 Å². The number of carbonyl (C=O) groups excluding carboxylic acids is 1. The second kappa shape index (κ2) is 4.40. The number of benzene rings is 1. The van der Waals surface area contributed by atoms with E-state index in [9.17, 15) is 4.79 Å². The number of hydrogen-bond donors (Lipinski definition) is 0. The highest BCUT2D eigenvalue weighted by molar-refractivity contribution is 7.10. The Morgan fingerprint density at radius 1 is 1.31 bits per heavy atom. The molecule has 0 atom stereocenters. The van der Waals surface area contributed by atoms with E-state index >= 15 is 0 Å². The van der Waals surface area contributed by atoms with Crippen LogP contribution in [0.3, 0.4) is 0 Å². The first-order valence-corrected chi connectivity index (χ1v) is 6.20. The lowest BCUT2D eigenvalue weighted by Gasteiger charge is -2.04. The van der Waals surface area contributed by atoms with Gasteiger partial charge < -0.3 is 0 Å². The SMILES string of the molecule is Cc1cc(C(=O)c2cccc(Cl)c2C)cs1. The fraction of sp³-hybridized carbons (Fsp3) is 0.154. The third-order valence-electron chi connectivity index (χ3n) is 2.51. The zero-order valence-electron chi connectivity index (χ0n) is 9.08. The number of carbonyl (C=O) groups is 1. The molecule has 82 valence electrons. The molecule has 0 aliphatic rings. The summed E-state index contributed by atoms with van der Waals surface area (Å²) in [5.74, 6) is 0.0457. The summed E-state index contributed by atoms with van der Waals surface area (Å²) in [7, 11) is 0. The molecule has 0 radical (unpaired) electrons. The quantitative estimate of drug-likeness (QED) is 0.729. The van der Waals surface area contributed by atoms with Gasteiger partial charge in [-0.2, -0.15) is 0 Å². The molecule has 0 aliphatic carbocycles. The van der Waals surface area contributed by atoms with Crippen molar-refractivity contribution in [3.8, 4) is 0 Å². The van der Waals surface area contributed by atoms with E-state index in [0.717, 1.165) is 16.0 Å². The molecule has 0 aliphatic heterocycles. The second-order valence-corrected chi connectivity index (χ2v) is 5.21. The molecule has 3 heteroatoms. The van der Waals surface area contributed by atoms with Gasteiger partial charge >= 0.3 is 0 Å². The molecule has 0 amide bonds. The Morgan fingerprint density at radius 2 is 2.06 bits per heavy atom. The molecule has 0 fully saturated rings. The molecule has 0 saturated heterocycles. The summed E-state index contributed by atoms with van der Waals surface area (Å²) in [6, 6.07) is 7.33. The van der Waals surface area contributed by atoms with Crippen LogP contribution in [0.25, 0.3) is 0 Å². The Labute approximate surface area is 104 Å². The monoisotopic (exact) mass is 250 g/mol. The highest BCUT2D eigenvalue weighted by Gasteiger charge is 2.13.